The summed E-state index contributed by atoms with van der Waals surface area (Å²) in [6.45, 7) is 3.25. The number of benzene rings is 1. The van der Waals surface area contributed by atoms with Gasteiger partial charge in [-0.2, -0.15) is 5.10 Å². The lowest BCUT2D eigenvalue weighted by molar-refractivity contribution is 0.0952. The Morgan fingerprint density at radius 2 is 1.93 bits per heavy atom. The fourth-order valence-electron chi connectivity index (χ4n) is 3.65. The van der Waals surface area contributed by atoms with E-state index >= 15 is 0 Å². The van der Waals surface area contributed by atoms with Gasteiger partial charge in [0, 0.05) is 29.6 Å². The fraction of sp³-hybridized carbons (Fsp3) is 0.318. The molecule has 0 saturated heterocycles. The number of nitrogens with one attached hydrogen (secondary N) is 1. The molecule has 0 radical (unpaired) electrons. The minimum absolute atomic E-state index is 0.0408. The Balaban J connectivity index is 1.48. The van der Waals surface area contributed by atoms with Gasteiger partial charge in [0.1, 0.15) is 5.69 Å². The standard InChI is InChI=1S/C22H24N4O/c1-16-9-11-17(12-10-16)22(27)24-14-15-26-20-8-3-2-6-18(20)21(25-26)19-7-4-5-13-23-19/h4-5,7,9-13H,2-3,6,8,14-15H2,1H3,(H,24,27). The summed E-state index contributed by atoms with van der Waals surface area (Å²) in [6.07, 6.45) is 6.29. The van der Waals surface area contributed by atoms with Crippen molar-refractivity contribution in [2.75, 3.05) is 6.54 Å². The number of carbonyl (C=O) groups is 1. The van der Waals surface area contributed by atoms with Crippen LogP contribution >= 0.6 is 0 Å². The second-order valence-electron chi connectivity index (χ2n) is 7.04. The maximum atomic E-state index is 12.3. The highest BCUT2D eigenvalue weighted by atomic mass is 16.1. The maximum Gasteiger partial charge on any atom is 0.251 e. The van der Waals surface area contributed by atoms with Crippen LogP contribution in [0.4, 0.5) is 0 Å². The van der Waals surface area contributed by atoms with Gasteiger partial charge in [0.2, 0.25) is 0 Å². The highest BCUT2D eigenvalue weighted by Crippen LogP contribution is 2.30. The van der Waals surface area contributed by atoms with Crippen LogP contribution in [0.1, 0.15) is 40.0 Å². The molecule has 0 unspecified atom stereocenters. The van der Waals surface area contributed by atoms with Crippen LogP contribution in [0.2, 0.25) is 0 Å². The molecule has 2 aromatic heterocycles. The van der Waals surface area contributed by atoms with Gasteiger partial charge >= 0.3 is 0 Å². The second kappa shape index (κ2) is 7.74. The van der Waals surface area contributed by atoms with Crippen LogP contribution in [-0.2, 0) is 19.4 Å². The van der Waals surface area contributed by atoms with E-state index in [-0.39, 0.29) is 5.91 Å². The van der Waals surface area contributed by atoms with Crippen molar-refractivity contribution in [1.82, 2.24) is 20.1 Å². The predicted octanol–water partition coefficient (Wildman–Crippen LogP) is 3.56. The van der Waals surface area contributed by atoms with Crippen molar-refractivity contribution in [1.29, 1.82) is 0 Å². The summed E-state index contributed by atoms with van der Waals surface area (Å²) in [7, 11) is 0. The van der Waals surface area contributed by atoms with Crippen molar-refractivity contribution in [2.24, 2.45) is 0 Å². The van der Waals surface area contributed by atoms with Gasteiger partial charge in [-0.1, -0.05) is 23.8 Å². The zero-order valence-corrected chi connectivity index (χ0v) is 15.6. The van der Waals surface area contributed by atoms with Gasteiger partial charge in [0.15, 0.2) is 0 Å². The molecule has 27 heavy (non-hydrogen) atoms. The van der Waals surface area contributed by atoms with Crippen LogP contribution in [0, 0.1) is 6.92 Å². The molecular weight excluding hydrogens is 336 g/mol. The summed E-state index contributed by atoms with van der Waals surface area (Å²) in [5.41, 5.74) is 6.39. The van der Waals surface area contributed by atoms with E-state index in [1.54, 1.807) is 0 Å². The van der Waals surface area contributed by atoms with Crippen molar-refractivity contribution >= 4 is 5.91 Å². The number of hydrogen-bond donors (Lipinski definition) is 1. The third kappa shape index (κ3) is 3.77. The number of rotatable bonds is 5. The summed E-state index contributed by atoms with van der Waals surface area (Å²) >= 11 is 0. The monoisotopic (exact) mass is 360 g/mol. The molecule has 5 heteroatoms. The van der Waals surface area contributed by atoms with E-state index in [1.165, 1.54) is 24.1 Å². The molecule has 0 spiro atoms. The van der Waals surface area contributed by atoms with Gasteiger partial charge in [-0.15, -0.1) is 0 Å². The van der Waals surface area contributed by atoms with E-state index in [2.05, 4.69) is 15.0 Å². The quantitative estimate of drug-likeness (QED) is 0.757. The molecule has 0 aliphatic heterocycles. The number of hydrogen-bond acceptors (Lipinski definition) is 3. The smallest absolute Gasteiger partial charge is 0.251 e. The normalized spacial score (nSPS) is 13.2. The van der Waals surface area contributed by atoms with Crippen molar-refractivity contribution in [3.63, 3.8) is 0 Å². The Morgan fingerprint density at radius 3 is 2.70 bits per heavy atom. The number of aromatic nitrogens is 3. The molecule has 5 nitrogen and oxygen atoms in total. The second-order valence-corrected chi connectivity index (χ2v) is 7.04. The first kappa shape index (κ1) is 17.5. The Hall–Kier alpha value is -2.95. The molecule has 0 bridgehead atoms. The Bertz CT molecular complexity index is 929. The number of aryl methyl sites for hydroxylation is 1. The molecule has 1 aromatic carbocycles. The summed E-state index contributed by atoms with van der Waals surface area (Å²) in [4.78, 5) is 16.8. The molecule has 1 N–H and O–H groups in total. The van der Waals surface area contributed by atoms with E-state index in [4.69, 9.17) is 5.10 Å². The molecule has 138 valence electrons. The number of amides is 1. The van der Waals surface area contributed by atoms with Crippen molar-refractivity contribution in [2.45, 2.75) is 39.2 Å². The highest BCUT2D eigenvalue weighted by molar-refractivity contribution is 5.94. The predicted molar refractivity (Wildman–Crippen MR) is 106 cm³/mol. The lowest BCUT2D eigenvalue weighted by Crippen LogP contribution is -2.28. The zero-order chi connectivity index (χ0) is 18.6. The van der Waals surface area contributed by atoms with E-state index in [0.29, 0.717) is 18.7 Å². The van der Waals surface area contributed by atoms with Gasteiger partial charge in [-0.05, 0) is 56.9 Å². The first-order chi connectivity index (χ1) is 13.2. The average Bonchev–Trinajstić information content (AvgIpc) is 3.08. The van der Waals surface area contributed by atoms with Gasteiger partial charge in [-0.25, -0.2) is 0 Å². The number of fused-ring (bicyclic) bond motifs is 1. The molecule has 0 fully saturated rings. The van der Waals surface area contributed by atoms with Crippen LogP contribution in [0.5, 0.6) is 0 Å². The average molecular weight is 360 g/mol. The van der Waals surface area contributed by atoms with E-state index in [9.17, 15) is 4.79 Å². The number of nitrogens with zero attached hydrogens (tertiary/aromatic N) is 3. The Morgan fingerprint density at radius 1 is 1.11 bits per heavy atom. The molecule has 2 heterocycles. The van der Waals surface area contributed by atoms with E-state index < -0.39 is 0 Å². The molecule has 0 saturated carbocycles. The SMILES string of the molecule is Cc1ccc(C(=O)NCCn2nc(-c3ccccn3)c3c2CCCC3)cc1. The summed E-state index contributed by atoms with van der Waals surface area (Å²) in [5.74, 6) is -0.0408. The largest absolute Gasteiger partial charge is 0.350 e. The van der Waals surface area contributed by atoms with Gasteiger partial charge in [0.25, 0.3) is 5.91 Å². The Labute approximate surface area is 159 Å². The minimum Gasteiger partial charge on any atom is -0.350 e. The first-order valence-corrected chi connectivity index (χ1v) is 9.57. The highest BCUT2D eigenvalue weighted by Gasteiger charge is 2.22. The molecular formula is C22H24N4O. The number of carbonyl (C=O) groups excluding carboxylic acids is 1. The topological polar surface area (TPSA) is 59.8 Å². The maximum absolute atomic E-state index is 12.3. The van der Waals surface area contributed by atoms with Gasteiger partial charge < -0.3 is 5.32 Å². The van der Waals surface area contributed by atoms with Gasteiger partial charge in [-0.3, -0.25) is 14.5 Å². The summed E-state index contributed by atoms with van der Waals surface area (Å²) < 4.78 is 2.06. The summed E-state index contributed by atoms with van der Waals surface area (Å²) in [6, 6.07) is 13.6. The van der Waals surface area contributed by atoms with Crippen molar-refractivity contribution in [3.8, 4) is 11.4 Å². The Kier molecular flexibility index (Phi) is 5.01. The van der Waals surface area contributed by atoms with Crippen LogP contribution in [0.15, 0.2) is 48.7 Å². The molecule has 1 amide bonds. The molecule has 0 atom stereocenters. The molecule has 4 rings (SSSR count). The zero-order valence-electron chi connectivity index (χ0n) is 15.6. The number of pyridine rings is 1. The third-order valence-electron chi connectivity index (χ3n) is 5.09. The van der Waals surface area contributed by atoms with Gasteiger partial charge in [0.05, 0.1) is 12.2 Å². The van der Waals surface area contributed by atoms with Crippen LogP contribution < -0.4 is 5.32 Å². The lowest BCUT2D eigenvalue weighted by Gasteiger charge is -2.14. The van der Waals surface area contributed by atoms with E-state index in [1.807, 2.05) is 55.6 Å². The lowest BCUT2D eigenvalue weighted by atomic mass is 9.95. The third-order valence-corrected chi connectivity index (χ3v) is 5.09. The van der Waals surface area contributed by atoms with Crippen LogP contribution in [0.3, 0.4) is 0 Å². The summed E-state index contributed by atoms with van der Waals surface area (Å²) in [5, 5.41) is 7.85. The fourth-order valence-corrected chi connectivity index (χ4v) is 3.65. The van der Waals surface area contributed by atoms with Crippen LogP contribution in [0.25, 0.3) is 11.4 Å². The molecule has 3 aromatic rings. The molecule has 1 aliphatic carbocycles. The van der Waals surface area contributed by atoms with Crippen molar-refractivity contribution < 1.29 is 4.79 Å². The van der Waals surface area contributed by atoms with Crippen molar-refractivity contribution in [3.05, 3.63) is 71.0 Å². The van der Waals surface area contributed by atoms with E-state index in [0.717, 1.165) is 29.8 Å². The van der Waals surface area contributed by atoms with Crippen LogP contribution in [-0.4, -0.2) is 27.2 Å². The first-order valence-electron chi connectivity index (χ1n) is 9.57. The molecule has 1 aliphatic rings. The minimum atomic E-state index is -0.0408.